The van der Waals surface area contributed by atoms with Crippen LogP contribution in [0.5, 0.6) is 0 Å². The first kappa shape index (κ1) is 15.7. The van der Waals surface area contributed by atoms with Crippen molar-refractivity contribution >= 4 is 23.2 Å². The second kappa shape index (κ2) is 6.63. The van der Waals surface area contributed by atoms with Crippen LogP contribution >= 0.6 is 0 Å². The Labute approximate surface area is 146 Å². The quantitative estimate of drug-likeness (QED) is 0.898. The average Bonchev–Trinajstić information content (AvgIpc) is 3.15. The van der Waals surface area contributed by atoms with Crippen molar-refractivity contribution in [3.63, 3.8) is 0 Å². The van der Waals surface area contributed by atoms with Crippen molar-refractivity contribution in [2.45, 2.75) is 31.7 Å². The maximum atomic E-state index is 12.4. The van der Waals surface area contributed by atoms with Gasteiger partial charge in [0.15, 0.2) is 0 Å². The Morgan fingerprint density at radius 2 is 2.24 bits per heavy atom. The minimum Gasteiger partial charge on any atom is -0.469 e. The Balaban J connectivity index is 1.46. The number of piperidine rings is 1. The van der Waals surface area contributed by atoms with Crippen LogP contribution in [-0.4, -0.2) is 30.9 Å². The Morgan fingerprint density at radius 1 is 1.32 bits per heavy atom. The van der Waals surface area contributed by atoms with Gasteiger partial charge in [-0.05, 0) is 49.6 Å². The molecule has 1 saturated heterocycles. The number of furan rings is 1. The van der Waals surface area contributed by atoms with Crippen LogP contribution < -0.4 is 15.5 Å². The molecule has 6 heteroatoms. The van der Waals surface area contributed by atoms with Crippen molar-refractivity contribution in [3.8, 4) is 0 Å². The number of carbonyl (C=O) groups excluding carboxylic acids is 2. The van der Waals surface area contributed by atoms with Gasteiger partial charge in [-0.15, -0.1) is 0 Å². The molecule has 0 spiro atoms. The first-order valence-corrected chi connectivity index (χ1v) is 8.74. The molecule has 2 aromatic rings. The second-order valence-corrected chi connectivity index (χ2v) is 6.51. The van der Waals surface area contributed by atoms with E-state index in [1.165, 1.54) is 0 Å². The van der Waals surface area contributed by atoms with Crippen LogP contribution in [0, 0.1) is 0 Å². The SMILES string of the molecule is O=C(NCCc1ccco1)c1ccc2c(c1)NC(=O)[C@@H]1CCCCN21. The largest absolute Gasteiger partial charge is 0.469 e. The molecule has 6 nitrogen and oxygen atoms in total. The van der Waals surface area contributed by atoms with Crippen LogP contribution in [-0.2, 0) is 11.2 Å². The van der Waals surface area contributed by atoms with E-state index < -0.39 is 0 Å². The van der Waals surface area contributed by atoms with Gasteiger partial charge in [-0.25, -0.2) is 0 Å². The molecule has 2 aliphatic heterocycles. The zero-order valence-corrected chi connectivity index (χ0v) is 14.0. The van der Waals surface area contributed by atoms with E-state index in [2.05, 4.69) is 15.5 Å². The van der Waals surface area contributed by atoms with Gasteiger partial charge in [-0.3, -0.25) is 9.59 Å². The highest BCUT2D eigenvalue weighted by molar-refractivity contribution is 6.05. The highest BCUT2D eigenvalue weighted by Crippen LogP contribution is 2.36. The lowest BCUT2D eigenvalue weighted by Crippen LogP contribution is -2.50. The van der Waals surface area contributed by atoms with Crippen LogP contribution in [0.1, 0.15) is 35.4 Å². The minimum atomic E-state index is -0.149. The summed E-state index contributed by atoms with van der Waals surface area (Å²) in [6.45, 7) is 1.39. The van der Waals surface area contributed by atoms with Crippen molar-refractivity contribution in [1.82, 2.24) is 5.32 Å². The number of nitrogens with zero attached hydrogens (tertiary/aromatic N) is 1. The molecular formula is C19H21N3O3. The summed E-state index contributed by atoms with van der Waals surface area (Å²) < 4.78 is 5.25. The normalized spacial score (nSPS) is 19.0. The van der Waals surface area contributed by atoms with Crippen molar-refractivity contribution in [2.24, 2.45) is 0 Å². The molecule has 3 heterocycles. The average molecular weight is 339 g/mol. The van der Waals surface area contributed by atoms with Crippen molar-refractivity contribution in [1.29, 1.82) is 0 Å². The standard InChI is InChI=1S/C19H21N3O3/c23-18(20-9-8-14-4-3-11-25-14)13-6-7-16-15(12-13)21-19(24)17-5-1-2-10-22(16)17/h3-4,6-7,11-12,17H,1-2,5,8-10H2,(H,20,23)(H,21,24)/t17-/m0/s1. The van der Waals surface area contributed by atoms with Gasteiger partial charge >= 0.3 is 0 Å². The summed E-state index contributed by atoms with van der Waals surface area (Å²) in [5.41, 5.74) is 2.28. The van der Waals surface area contributed by atoms with E-state index in [1.807, 2.05) is 24.3 Å². The summed E-state index contributed by atoms with van der Waals surface area (Å²) in [4.78, 5) is 26.8. The number of carbonyl (C=O) groups is 2. The molecular weight excluding hydrogens is 318 g/mol. The fourth-order valence-corrected chi connectivity index (χ4v) is 3.59. The van der Waals surface area contributed by atoms with Crippen LogP contribution in [0.25, 0.3) is 0 Å². The van der Waals surface area contributed by atoms with Crippen molar-refractivity contribution < 1.29 is 14.0 Å². The summed E-state index contributed by atoms with van der Waals surface area (Å²) in [5, 5.41) is 5.84. The number of amides is 2. The highest BCUT2D eigenvalue weighted by atomic mass is 16.3. The van der Waals surface area contributed by atoms with Gasteiger partial charge < -0.3 is 20.0 Å². The summed E-state index contributed by atoms with van der Waals surface area (Å²) in [6, 6.07) is 9.17. The molecule has 0 unspecified atom stereocenters. The molecule has 130 valence electrons. The molecule has 0 saturated carbocycles. The van der Waals surface area contributed by atoms with Gasteiger partial charge in [-0.2, -0.15) is 0 Å². The predicted octanol–water partition coefficient (Wildman–Crippen LogP) is 2.56. The van der Waals surface area contributed by atoms with E-state index in [4.69, 9.17) is 4.42 Å². The molecule has 25 heavy (non-hydrogen) atoms. The van der Waals surface area contributed by atoms with E-state index in [0.717, 1.165) is 42.9 Å². The van der Waals surface area contributed by atoms with Crippen LogP contribution in [0.3, 0.4) is 0 Å². The van der Waals surface area contributed by atoms with Gasteiger partial charge in [0.05, 0.1) is 17.6 Å². The highest BCUT2D eigenvalue weighted by Gasteiger charge is 2.34. The van der Waals surface area contributed by atoms with Gasteiger partial charge in [0, 0.05) is 25.1 Å². The fraction of sp³-hybridized carbons (Fsp3) is 0.368. The maximum absolute atomic E-state index is 12.4. The van der Waals surface area contributed by atoms with Crippen LogP contribution in [0.4, 0.5) is 11.4 Å². The number of rotatable bonds is 4. The lowest BCUT2D eigenvalue weighted by atomic mass is 9.97. The summed E-state index contributed by atoms with van der Waals surface area (Å²) in [6.07, 6.45) is 5.34. The molecule has 1 aromatic heterocycles. The summed E-state index contributed by atoms with van der Waals surface area (Å²) >= 11 is 0. The third-order valence-electron chi connectivity index (χ3n) is 4.87. The zero-order chi connectivity index (χ0) is 17.2. The number of hydrogen-bond donors (Lipinski definition) is 2. The van der Waals surface area contributed by atoms with Crippen molar-refractivity contribution in [3.05, 3.63) is 47.9 Å². The molecule has 0 aliphatic carbocycles. The third-order valence-corrected chi connectivity index (χ3v) is 4.87. The van der Waals surface area contributed by atoms with Gasteiger partial charge in [0.2, 0.25) is 5.91 Å². The van der Waals surface area contributed by atoms with Gasteiger partial charge in [0.1, 0.15) is 11.8 Å². The predicted molar refractivity (Wildman–Crippen MR) is 94.8 cm³/mol. The van der Waals surface area contributed by atoms with Crippen molar-refractivity contribution in [2.75, 3.05) is 23.3 Å². The second-order valence-electron chi connectivity index (χ2n) is 6.51. The lowest BCUT2D eigenvalue weighted by molar-refractivity contribution is -0.118. The van der Waals surface area contributed by atoms with Gasteiger partial charge in [-0.1, -0.05) is 0 Å². The number of benzene rings is 1. The zero-order valence-electron chi connectivity index (χ0n) is 14.0. The number of hydrogen-bond acceptors (Lipinski definition) is 4. The molecule has 0 bridgehead atoms. The Hall–Kier alpha value is -2.76. The van der Waals surface area contributed by atoms with E-state index >= 15 is 0 Å². The van der Waals surface area contributed by atoms with Crippen LogP contribution in [0.15, 0.2) is 41.0 Å². The number of nitrogens with one attached hydrogen (secondary N) is 2. The molecule has 2 aliphatic rings. The third kappa shape index (κ3) is 3.12. The lowest BCUT2D eigenvalue weighted by Gasteiger charge is -2.41. The first-order valence-electron chi connectivity index (χ1n) is 8.74. The van der Waals surface area contributed by atoms with Crippen LogP contribution in [0.2, 0.25) is 0 Å². The summed E-state index contributed by atoms with van der Waals surface area (Å²) in [5.74, 6) is 0.723. The number of fused-ring (bicyclic) bond motifs is 3. The first-order chi connectivity index (χ1) is 12.2. The summed E-state index contributed by atoms with van der Waals surface area (Å²) in [7, 11) is 0. The Morgan fingerprint density at radius 3 is 3.08 bits per heavy atom. The Bertz CT molecular complexity index is 785. The molecule has 1 fully saturated rings. The van der Waals surface area contributed by atoms with E-state index in [1.54, 1.807) is 12.3 Å². The maximum Gasteiger partial charge on any atom is 0.251 e. The molecule has 1 aromatic carbocycles. The smallest absolute Gasteiger partial charge is 0.251 e. The van der Waals surface area contributed by atoms with E-state index in [9.17, 15) is 9.59 Å². The van der Waals surface area contributed by atoms with Gasteiger partial charge in [0.25, 0.3) is 5.91 Å². The van der Waals surface area contributed by atoms with E-state index in [0.29, 0.717) is 18.5 Å². The molecule has 4 rings (SSSR count). The minimum absolute atomic E-state index is 0.0302. The molecule has 2 N–H and O–H groups in total. The Kier molecular flexibility index (Phi) is 4.17. The molecule has 2 amide bonds. The van der Waals surface area contributed by atoms with E-state index in [-0.39, 0.29) is 17.9 Å². The molecule has 0 radical (unpaired) electrons. The molecule has 1 atom stereocenters. The monoisotopic (exact) mass is 339 g/mol. The topological polar surface area (TPSA) is 74.6 Å². The fourth-order valence-electron chi connectivity index (χ4n) is 3.59. The number of anilines is 2.